The van der Waals surface area contributed by atoms with E-state index in [1.165, 1.54) is 6.33 Å². The monoisotopic (exact) mass is 371 g/mol. The SMILES string of the molecule is COc1ccc(CNc2ncnc(Nc3cccc4ccccc34)c2N)cc1. The molecule has 0 saturated heterocycles. The normalized spacial score (nSPS) is 10.6. The number of nitrogens with one attached hydrogen (secondary N) is 2. The quantitative estimate of drug-likeness (QED) is 0.460. The molecule has 0 radical (unpaired) electrons. The number of aromatic nitrogens is 2. The van der Waals surface area contributed by atoms with Gasteiger partial charge in [0.1, 0.15) is 17.8 Å². The van der Waals surface area contributed by atoms with Gasteiger partial charge >= 0.3 is 0 Å². The predicted octanol–water partition coefficient (Wildman–Crippen LogP) is 4.58. The van der Waals surface area contributed by atoms with Crippen LogP contribution in [0.2, 0.25) is 0 Å². The molecule has 0 atom stereocenters. The highest BCUT2D eigenvalue weighted by atomic mass is 16.5. The number of nitrogens with two attached hydrogens (primary N) is 1. The maximum absolute atomic E-state index is 6.32. The summed E-state index contributed by atoms with van der Waals surface area (Å²) in [5.41, 5.74) is 8.84. The van der Waals surface area contributed by atoms with Gasteiger partial charge in [-0.2, -0.15) is 0 Å². The van der Waals surface area contributed by atoms with Crippen LogP contribution in [0, 0.1) is 0 Å². The summed E-state index contributed by atoms with van der Waals surface area (Å²) in [5.74, 6) is 1.99. The number of benzene rings is 3. The van der Waals surface area contributed by atoms with Gasteiger partial charge in [0.2, 0.25) is 0 Å². The molecule has 6 heteroatoms. The molecule has 0 spiro atoms. The Balaban J connectivity index is 1.54. The number of fused-ring (bicyclic) bond motifs is 1. The second-order valence-electron chi connectivity index (χ2n) is 6.34. The van der Waals surface area contributed by atoms with E-state index in [9.17, 15) is 0 Å². The highest BCUT2D eigenvalue weighted by Crippen LogP contribution is 2.30. The summed E-state index contributed by atoms with van der Waals surface area (Å²) in [5, 5.41) is 8.87. The molecule has 0 aliphatic rings. The largest absolute Gasteiger partial charge is 0.497 e. The zero-order valence-electron chi connectivity index (χ0n) is 15.5. The van der Waals surface area contributed by atoms with Crippen molar-refractivity contribution in [3.63, 3.8) is 0 Å². The van der Waals surface area contributed by atoms with Crippen molar-refractivity contribution < 1.29 is 4.74 Å². The molecule has 0 bridgehead atoms. The number of nitrogens with zero attached hydrogens (tertiary/aromatic N) is 2. The molecule has 140 valence electrons. The summed E-state index contributed by atoms with van der Waals surface area (Å²) in [7, 11) is 1.65. The highest BCUT2D eigenvalue weighted by molar-refractivity contribution is 5.96. The van der Waals surface area contributed by atoms with Gasteiger partial charge in [-0.15, -0.1) is 0 Å². The van der Waals surface area contributed by atoms with Crippen molar-refractivity contribution in [1.29, 1.82) is 0 Å². The van der Waals surface area contributed by atoms with Crippen LogP contribution in [0.1, 0.15) is 5.56 Å². The fourth-order valence-corrected chi connectivity index (χ4v) is 3.03. The van der Waals surface area contributed by atoms with Gasteiger partial charge in [-0.1, -0.05) is 48.5 Å². The number of methoxy groups -OCH3 is 1. The third kappa shape index (κ3) is 3.66. The van der Waals surface area contributed by atoms with Gasteiger partial charge in [-0.05, 0) is 29.1 Å². The fraction of sp³-hybridized carbons (Fsp3) is 0.0909. The number of hydrogen-bond acceptors (Lipinski definition) is 6. The Hall–Kier alpha value is -3.80. The first kappa shape index (κ1) is 17.6. The minimum Gasteiger partial charge on any atom is -0.497 e. The number of rotatable bonds is 6. The second-order valence-corrected chi connectivity index (χ2v) is 6.34. The molecular formula is C22H21N5O. The third-order valence-electron chi connectivity index (χ3n) is 4.55. The van der Waals surface area contributed by atoms with Crippen LogP contribution < -0.4 is 21.1 Å². The predicted molar refractivity (Wildman–Crippen MR) is 114 cm³/mol. The Kier molecular flexibility index (Phi) is 4.93. The lowest BCUT2D eigenvalue weighted by Crippen LogP contribution is -2.08. The summed E-state index contributed by atoms with van der Waals surface area (Å²) in [6, 6.07) is 22.1. The fourth-order valence-electron chi connectivity index (χ4n) is 3.03. The van der Waals surface area contributed by atoms with Crippen molar-refractivity contribution in [1.82, 2.24) is 9.97 Å². The van der Waals surface area contributed by atoms with Gasteiger partial charge in [-0.3, -0.25) is 0 Å². The van der Waals surface area contributed by atoms with Crippen LogP contribution in [0.3, 0.4) is 0 Å². The second kappa shape index (κ2) is 7.84. The molecule has 0 fully saturated rings. The standard InChI is InChI=1S/C22H21N5O/c1-28-17-11-9-15(10-12-17)13-24-21-20(23)22(26-14-25-21)27-19-8-4-6-16-5-2-3-7-18(16)19/h2-12,14H,13,23H2,1H3,(H2,24,25,26,27). The van der Waals surface area contributed by atoms with Crippen molar-refractivity contribution in [3.8, 4) is 5.75 Å². The average molecular weight is 371 g/mol. The molecular weight excluding hydrogens is 350 g/mol. The first-order valence-electron chi connectivity index (χ1n) is 8.96. The van der Waals surface area contributed by atoms with Crippen LogP contribution >= 0.6 is 0 Å². The van der Waals surface area contributed by atoms with Gasteiger partial charge in [0, 0.05) is 17.6 Å². The van der Waals surface area contributed by atoms with Crippen molar-refractivity contribution in [3.05, 3.63) is 78.6 Å². The third-order valence-corrected chi connectivity index (χ3v) is 4.55. The van der Waals surface area contributed by atoms with E-state index in [-0.39, 0.29) is 0 Å². The Bertz CT molecular complexity index is 1090. The number of hydrogen-bond donors (Lipinski definition) is 3. The zero-order chi connectivity index (χ0) is 19.3. The molecule has 4 aromatic rings. The van der Waals surface area contributed by atoms with Crippen LogP contribution in [-0.2, 0) is 6.54 Å². The van der Waals surface area contributed by atoms with Crippen molar-refractivity contribution >= 4 is 33.8 Å². The van der Waals surface area contributed by atoms with E-state index in [1.54, 1.807) is 7.11 Å². The molecule has 6 nitrogen and oxygen atoms in total. The van der Waals surface area contributed by atoms with Crippen LogP contribution in [0.15, 0.2) is 73.1 Å². The Morgan fingerprint density at radius 3 is 2.46 bits per heavy atom. The van der Waals surface area contributed by atoms with Crippen LogP contribution in [0.4, 0.5) is 23.0 Å². The number of anilines is 4. The van der Waals surface area contributed by atoms with Gasteiger partial charge in [-0.25, -0.2) is 9.97 Å². The summed E-state index contributed by atoms with van der Waals surface area (Å²) in [4.78, 5) is 8.59. The zero-order valence-corrected chi connectivity index (χ0v) is 15.5. The molecule has 1 heterocycles. The minimum atomic E-state index is 0.476. The lowest BCUT2D eigenvalue weighted by Gasteiger charge is -2.14. The highest BCUT2D eigenvalue weighted by Gasteiger charge is 2.10. The van der Waals surface area contributed by atoms with Gasteiger partial charge in [0.05, 0.1) is 7.11 Å². The molecule has 0 aliphatic heterocycles. The first-order valence-corrected chi connectivity index (χ1v) is 8.96. The molecule has 4 rings (SSSR count). The summed E-state index contributed by atoms with van der Waals surface area (Å²) >= 11 is 0. The van der Waals surface area contributed by atoms with E-state index < -0.39 is 0 Å². The number of nitrogen functional groups attached to an aromatic ring is 1. The van der Waals surface area contributed by atoms with Crippen molar-refractivity contribution in [2.45, 2.75) is 6.54 Å². The summed E-state index contributed by atoms with van der Waals surface area (Å²) < 4.78 is 5.18. The Labute approximate surface area is 163 Å². The van der Waals surface area contributed by atoms with E-state index in [1.807, 2.05) is 48.5 Å². The smallest absolute Gasteiger partial charge is 0.159 e. The first-order chi connectivity index (χ1) is 13.7. The van der Waals surface area contributed by atoms with E-state index in [0.717, 1.165) is 27.8 Å². The molecule has 0 unspecified atom stereocenters. The van der Waals surface area contributed by atoms with E-state index >= 15 is 0 Å². The van der Waals surface area contributed by atoms with Crippen molar-refractivity contribution in [2.24, 2.45) is 0 Å². The van der Waals surface area contributed by atoms with Gasteiger partial charge < -0.3 is 21.1 Å². The molecule has 3 aromatic carbocycles. The lowest BCUT2D eigenvalue weighted by molar-refractivity contribution is 0.414. The van der Waals surface area contributed by atoms with E-state index in [0.29, 0.717) is 23.9 Å². The molecule has 0 amide bonds. The van der Waals surface area contributed by atoms with E-state index in [2.05, 4.69) is 38.8 Å². The molecule has 28 heavy (non-hydrogen) atoms. The minimum absolute atomic E-state index is 0.476. The van der Waals surface area contributed by atoms with Gasteiger partial charge in [0.25, 0.3) is 0 Å². The van der Waals surface area contributed by atoms with Gasteiger partial charge in [0.15, 0.2) is 11.6 Å². The van der Waals surface area contributed by atoms with Crippen molar-refractivity contribution in [2.75, 3.05) is 23.5 Å². The average Bonchev–Trinajstić information content (AvgIpc) is 2.75. The Morgan fingerprint density at radius 1 is 0.893 bits per heavy atom. The summed E-state index contributed by atoms with van der Waals surface area (Å²) in [6.45, 7) is 0.596. The number of ether oxygens (including phenoxy) is 1. The molecule has 4 N–H and O–H groups in total. The van der Waals surface area contributed by atoms with Crippen LogP contribution in [0.5, 0.6) is 5.75 Å². The lowest BCUT2D eigenvalue weighted by atomic mass is 10.1. The van der Waals surface area contributed by atoms with Crippen LogP contribution in [0.25, 0.3) is 10.8 Å². The molecule has 0 saturated carbocycles. The molecule has 0 aliphatic carbocycles. The Morgan fingerprint density at radius 2 is 1.64 bits per heavy atom. The maximum Gasteiger partial charge on any atom is 0.159 e. The van der Waals surface area contributed by atoms with E-state index in [4.69, 9.17) is 10.5 Å². The maximum atomic E-state index is 6.32. The topological polar surface area (TPSA) is 85.1 Å². The van der Waals surface area contributed by atoms with Crippen LogP contribution in [-0.4, -0.2) is 17.1 Å². The summed E-state index contributed by atoms with van der Waals surface area (Å²) in [6.07, 6.45) is 1.50. The molecule has 1 aromatic heterocycles.